The summed E-state index contributed by atoms with van der Waals surface area (Å²) in [6.45, 7) is 12.2. The minimum atomic E-state index is -1.82. The second-order valence-electron chi connectivity index (χ2n) is 8.08. The van der Waals surface area contributed by atoms with Gasteiger partial charge in [0.15, 0.2) is 14.1 Å². The maximum atomic E-state index is 12.7. The molecule has 4 nitrogen and oxygen atoms in total. The van der Waals surface area contributed by atoms with E-state index in [0.29, 0.717) is 12.8 Å². The quantitative estimate of drug-likeness (QED) is 0.344. The van der Waals surface area contributed by atoms with E-state index in [9.17, 15) is 4.79 Å². The van der Waals surface area contributed by atoms with Crippen molar-refractivity contribution in [3.8, 4) is 0 Å². The van der Waals surface area contributed by atoms with Gasteiger partial charge in [0.2, 0.25) is 0 Å². The Labute approximate surface area is 128 Å². The molecular weight excluding hydrogens is 284 g/mol. The molecule has 0 saturated heterocycles. The van der Waals surface area contributed by atoms with Crippen LogP contribution in [0.2, 0.25) is 19.6 Å². The van der Waals surface area contributed by atoms with Gasteiger partial charge >= 0.3 is 0 Å². The summed E-state index contributed by atoms with van der Waals surface area (Å²) in [4.78, 5) is 23.8. The van der Waals surface area contributed by atoms with Gasteiger partial charge in [-0.1, -0.05) is 12.2 Å². The standard InChI is InChI=1S/C16H28O4Si/c1-15(2,3)19-18-13-11-14(17)16(20-21(4,5)6)10-8-7-9-12(13)16/h7-8,12-13H,9-11H2,1-6H3/t12-,13-,16?/m1/s1. The third-order valence-corrected chi connectivity index (χ3v) is 4.77. The highest BCUT2D eigenvalue weighted by atomic mass is 28.4. The van der Waals surface area contributed by atoms with Crippen LogP contribution in [0, 0.1) is 5.92 Å². The van der Waals surface area contributed by atoms with Crippen LogP contribution in [0.3, 0.4) is 0 Å². The van der Waals surface area contributed by atoms with E-state index < -0.39 is 13.9 Å². The molecule has 2 rings (SSSR count). The molecule has 2 aliphatic carbocycles. The largest absolute Gasteiger partial charge is 0.404 e. The fourth-order valence-corrected chi connectivity index (χ4v) is 4.58. The molecule has 2 aliphatic rings. The highest BCUT2D eigenvalue weighted by Crippen LogP contribution is 2.46. The van der Waals surface area contributed by atoms with Gasteiger partial charge in [-0.3, -0.25) is 4.79 Å². The van der Waals surface area contributed by atoms with Gasteiger partial charge in [0.05, 0.1) is 5.60 Å². The second kappa shape index (κ2) is 5.61. The van der Waals surface area contributed by atoms with Crippen molar-refractivity contribution in [3.63, 3.8) is 0 Å². The number of carbonyl (C=O) groups is 1. The van der Waals surface area contributed by atoms with Crippen molar-refractivity contribution < 1.29 is 19.0 Å². The lowest BCUT2D eigenvalue weighted by atomic mass is 9.80. The first-order valence-electron chi connectivity index (χ1n) is 7.76. The number of allylic oxidation sites excluding steroid dienone is 1. The number of carbonyl (C=O) groups excluding carboxylic acids is 1. The van der Waals surface area contributed by atoms with Gasteiger partial charge in [-0.05, 0) is 46.8 Å². The molecule has 0 N–H and O–H groups in total. The predicted octanol–water partition coefficient (Wildman–Crippen LogP) is 3.63. The van der Waals surface area contributed by atoms with Crippen LogP contribution in [-0.4, -0.2) is 31.4 Å². The monoisotopic (exact) mass is 312 g/mol. The molecule has 21 heavy (non-hydrogen) atoms. The van der Waals surface area contributed by atoms with E-state index in [0.717, 1.165) is 6.42 Å². The molecule has 1 unspecified atom stereocenters. The summed E-state index contributed by atoms with van der Waals surface area (Å²) in [6.07, 6.45) is 5.85. The Morgan fingerprint density at radius 1 is 1.24 bits per heavy atom. The van der Waals surface area contributed by atoms with Crippen molar-refractivity contribution in [2.45, 2.75) is 77.0 Å². The van der Waals surface area contributed by atoms with Gasteiger partial charge in [-0.25, -0.2) is 9.78 Å². The minimum Gasteiger partial charge on any atom is -0.404 e. The Balaban J connectivity index is 2.19. The normalized spacial score (nSPS) is 33.3. The van der Waals surface area contributed by atoms with Crippen molar-refractivity contribution in [1.82, 2.24) is 0 Å². The smallest absolute Gasteiger partial charge is 0.185 e. The van der Waals surface area contributed by atoms with Crippen molar-refractivity contribution in [2.24, 2.45) is 5.92 Å². The Hall–Kier alpha value is -0.493. The van der Waals surface area contributed by atoms with Crippen LogP contribution in [0.1, 0.15) is 40.0 Å². The van der Waals surface area contributed by atoms with Crippen LogP contribution in [0.4, 0.5) is 0 Å². The molecule has 0 radical (unpaired) electrons. The Kier molecular flexibility index (Phi) is 4.51. The average Bonchev–Trinajstić information content (AvgIpc) is 2.57. The third kappa shape index (κ3) is 3.83. The molecule has 5 heteroatoms. The van der Waals surface area contributed by atoms with E-state index >= 15 is 0 Å². The van der Waals surface area contributed by atoms with Gasteiger partial charge in [-0.2, -0.15) is 0 Å². The SMILES string of the molecule is CC(C)(C)OO[C@@H]1CC(=O)C2(O[Si](C)(C)C)CC=CC[C@H]12. The van der Waals surface area contributed by atoms with E-state index in [2.05, 4.69) is 31.8 Å². The van der Waals surface area contributed by atoms with E-state index in [1.807, 2.05) is 20.8 Å². The van der Waals surface area contributed by atoms with E-state index in [1.54, 1.807) is 0 Å². The van der Waals surface area contributed by atoms with E-state index in [4.69, 9.17) is 14.2 Å². The van der Waals surface area contributed by atoms with Crippen LogP contribution in [0.15, 0.2) is 12.2 Å². The Morgan fingerprint density at radius 2 is 1.90 bits per heavy atom. The number of ketones is 1. The first-order valence-corrected chi connectivity index (χ1v) is 11.2. The average molecular weight is 312 g/mol. The fraction of sp³-hybridized carbons (Fsp3) is 0.812. The summed E-state index contributed by atoms with van der Waals surface area (Å²) in [6, 6.07) is 0. The molecule has 0 spiro atoms. The number of Topliss-reactive ketones (excluding diaryl/α,β-unsaturated/α-hetero) is 1. The van der Waals surface area contributed by atoms with Crippen LogP contribution in [0.25, 0.3) is 0 Å². The maximum absolute atomic E-state index is 12.7. The van der Waals surface area contributed by atoms with Crippen LogP contribution < -0.4 is 0 Å². The highest BCUT2D eigenvalue weighted by molar-refractivity contribution is 6.70. The lowest BCUT2D eigenvalue weighted by molar-refractivity contribution is -0.379. The maximum Gasteiger partial charge on any atom is 0.185 e. The van der Waals surface area contributed by atoms with Crippen LogP contribution in [0.5, 0.6) is 0 Å². The molecule has 0 heterocycles. The first-order chi connectivity index (χ1) is 9.54. The third-order valence-electron chi connectivity index (χ3n) is 3.79. The number of hydrogen-bond acceptors (Lipinski definition) is 4. The van der Waals surface area contributed by atoms with E-state index in [1.165, 1.54) is 0 Å². The van der Waals surface area contributed by atoms with Crippen molar-refractivity contribution in [3.05, 3.63) is 12.2 Å². The minimum absolute atomic E-state index is 0.0593. The molecule has 3 atom stereocenters. The molecule has 0 aromatic heterocycles. The summed E-state index contributed by atoms with van der Waals surface area (Å²) in [7, 11) is -1.82. The summed E-state index contributed by atoms with van der Waals surface area (Å²) >= 11 is 0. The number of fused-ring (bicyclic) bond motifs is 1. The van der Waals surface area contributed by atoms with Crippen LogP contribution >= 0.6 is 0 Å². The van der Waals surface area contributed by atoms with E-state index in [-0.39, 0.29) is 23.4 Å². The molecule has 0 aromatic carbocycles. The molecule has 1 saturated carbocycles. The molecule has 0 bridgehead atoms. The topological polar surface area (TPSA) is 44.8 Å². The molecule has 0 aromatic rings. The molecule has 120 valence electrons. The number of rotatable bonds is 4. The molecule has 0 amide bonds. The molecule has 1 fully saturated rings. The summed E-state index contributed by atoms with van der Waals surface area (Å²) in [5.41, 5.74) is -1.07. The Bertz CT molecular complexity index is 433. The zero-order valence-corrected chi connectivity index (χ0v) is 15.1. The van der Waals surface area contributed by atoms with Crippen molar-refractivity contribution >= 4 is 14.1 Å². The highest BCUT2D eigenvalue weighted by Gasteiger charge is 2.58. The van der Waals surface area contributed by atoms with Crippen LogP contribution in [-0.2, 0) is 19.0 Å². The molecular formula is C16H28O4Si. The summed E-state index contributed by atoms with van der Waals surface area (Å²) in [5, 5.41) is 0. The Morgan fingerprint density at radius 3 is 2.48 bits per heavy atom. The first kappa shape index (κ1) is 16.9. The lowest BCUT2D eigenvalue weighted by Gasteiger charge is -2.41. The summed E-state index contributed by atoms with van der Waals surface area (Å²) < 4.78 is 6.37. The zero-order valence-electron chi connectivity index (χ0n) is 14.1. The van der Waals surface area contributed by atoms with Gasteiger partial charge in [0, 0.05) is 18.8 Å². The zero-order chi connectivity index (χ0) is 15.9. The van der Waals surface area contributed by atoms with Crippen molar-refractivity contribution in [1.29, 1.82) is 0 Å². The van der Waals surface area contributed by atoms with Gasteiger partial charge in [0.25, 0.3) is 0 Å². The fourth-order valence-electron chi connectivity index (χ4n) is 3.14. The van der Waals surface area contributed by atoms with Gasteiger partial charge < -0.3 is 4.43 Å². The predicted molar refractivity (Wildman–Crippen MR) is 84.4 cm³/mol. The number of hydrogen-bond donors (Lipinski definition) is 0. The van der Waals surface area contributed by atoms with Gasteiger partial charge in [0.1, 0.15) is 11.7 Å². The second-order valence-corrected chi connectivity index (χ2v) is 12.5. The summed E-state index contributed by atoms with van der Waals surface area (Å²) in [5.74, 6) is 0.228. The van der Waals surface area contributed by atoms with Crippen molar-refractivity contribution in [2.75, 3.05) is 0 Å². The lowest BCUT2D eigenvalue weighted by Crippen LogP contribution is -2.52. The van der Waals surface area contributed by atoms with Gasteiger partial charge in [-0.15, -0.1) is 0 Å². The molecule has 0 aliphatic heterocycles.